The van der Waals surface area contributed by atoms with Gasteiger partial charge in [0.05, 0.1) is 0 Å². The summed E-state index contributed by atoms with van der Waals surface area (Å²) >= 11 is 3.28. The Kier molecular flexibility index (Phi) is 4.20. The van der Waals surface area contributed by atoms with Crippen molar-refractivity contribution in [1.82, 2.24) is 10.2 Å². The molecule has 1 atom stereocenters. The highest BCUT2D eigenvalue weighted by Gasteiger charge is 2.33. The Morgan fingerprint density at radius 2 is 2.26 bits per heavy atom. The fourth-order valence-electron chi connectivity index (χ4n) is 2.00. The van der Waals surface area contributed by atoms with Crippen LogP contribution in [0.1, 0.15) is 32.6 Å². The Bertz CT molecular complexity index is 453. The number of hydrogen-bond acceptors (Lipinski definition) is 4. The molecule has 106 valence electrons. The minimum Gasteiger partial charge on any atom is -0.452 e. The zero-order valence-corrected chi connectivity index (χ0v) is 13.0. The molecule has 1 fully saturated rings. The van der Waals surface area contributed by atoms with E-state index < -0.39 is 5.60 Å². The molecule has 1 aromatic rings. The van der Waals surface area contributed by atoms with Crippen molar-refractivity contribution in [2.24, 2.45) is 0 Å². The third kappa shape index (κ3) is 3.73. The first-order valence-corrected chi connectivity index (χ1v) is 7.12. The molecular formula is C13H19BrN2O3. The van der Waals surface area contributed by atoms with Gasteiger partial charge in [0, 0.05) is 19.6 Å². The van der Waals surface area contributed by atoms with Crippen LogP contribution in [0.3, 0.4) is 0 Å². The first kappa shape index (κ1) is 14.4. The molecule has 1 unspecified atom stereocenters. The number of piperazine rings is 1. The SMILES string of the molecule is CC(C)(C)OC(=O)N1CCNCC1c1ccc(Br)o1. The highest BCUT2D eigenvalue weighted by atomic mass is 79.9. The van der Waals surface area contributed by atoms with E-state index in [-0.39, 0.29) is 12.1 Å². The number of amides is 1. The van der Waals surface area contributed by atoms with Gasteiger partial charge in [0.15, 0.2) is 4.67 Å². The fourth-order valence-corrected chi connectivity index (χ4v) is 2.32. The molecule has 1 aliphatic rings. The number of halogens is 1. The van der Waals surface area contributed by atoms with Crippen LogP contribution in [0.4, 0.5) is 4.79 Å². The molecular weight excluding hydrogens is 312 g/mol. The summed E-state index contributed by atoms with van der Waals surface area (Å²) < 4.78 is 11.7. The lowest BCUT2D eigenvalue weighted by atomic mass is 10.1. The number of ether oxygens (including phenoxy) is 1. The molecule has 1 saturated heterocycles. The van der Waals surface area contributed by atoms with Crippen molar-refractivity contribution >= 4 is 22.0 Å². The zero-order valence-electron chi connectivity index (χ0n) is 11.4. The smallest absolute Gasteiger partial charge is 0.411 e. The molecule has 5 nitrogen and oxygen atoms in total. The lowest BCUT2D eigenvalue weighted by Gasteiger charge is -2.36. The summed E-state index contributed by atoms with van der Waals surface area (Å²) in [5.74, 6) is 0.755. The minimum atomic E-state index is -0.490. The summed E-state index contributed by atoms with van der Waals surface area (Å²) in [4.78, 5) is 13.9. The van der Waals surface area contributed by atoms with E-state index in [0.29, 0.717) is 17.8 Å². The maximum absolute atomic E-state index is 12.2. The molecule has 2 rings (SSSR count). The summed E-state index contributed by atoms with van der Waals surface area (Å²) in [5.41, 5.74) is -0.490. The Labute approximate surface area is 121 Å². The van der Waals surface area contributed by atoms with E-state index in [1.807, 2.05) is 32.9 Å². The zero-order chi connectivity index (χ0) is 14.0. The van der Waals surface area contributed by atoms with Crippen molar-refractivity contribution in [1.29, 1.82) is 0 Å². The number of rotatable bonds is 1. The lowest BCUT2D eigenvalue weighted by molar-refractivity contribution is 0.00923. The number of furan rings is 1. The van der Waals surface area contributed by atoms with Crippen LogP contribution in [0.2, 0.25) is 0 Å². The van der Waals surface area contributed by atoms with Crippen molar-refractivity contribution in [2.75, 3.05) is 19.6 Å². The van der Waals surface area contributed by atoms with Gasteiger partial charge in [-0.3, -0.25) is 4.90 Å². The van der Waals surface area contributed by atoms with E-state index in [2.05, 4.69) is 21.2 Å². The van der Waals surface area contributed by atoms with E-state index in [4.69, 9.17) is 9.15 Å². The predicted molar refractivity (Wildman–Crippen MR) is 75.0 cm³/mol. The van der Waals surface area contributed by atoms with Gasteiger partial charge in [0.2, 0.25) is 0 Å². The Hall–Kier alpha value is -1.01. The highest BCUT2D eigenvalue weighted by molar-refractivity contribution is 9.10. The van der Waals surface area contributed by atoms with Crippen molar-refractivity contribution in [3.05, 3.63) is 22.6 Å². The van der Waals surface area contributed by atoms with Crippen LogP contribution in [0.5, 0.6) is 0 Å². The van der Waals surface area contributed by atoms with Gasteiger partial charge in [-0.05, 0) is 48.8 Å². The summed E-state index contributed by atoms with van der Waals surface area (Å²) in [6.45, 7) is 7.64. The van der Waals surface area contributed by atoms with Gasteiger partial charge >= 0.3 is 6.09 Å². The van der Waals surface area contributed by atoms with Gasteiger partial charge in [0.25, 0.3) is 0 Å². The van der Waals surface area contributed by atoms with Gasteiger partial charge < -0.3 is 14.5 Å². The molecule has 0 spiro atoms. The van der Waals surface area contributed by atoms with Crippen LogP contribution in [-0.2, 0) is 4.74 Å². The topological polar surface area (TPSA) is 54.7 Å². The summed E-state index contributed by atoms with van der Waals surface area (Å²) in [6.07, 6.45) is -0.300. The summed E-state index contributed by atoms with van der Waals surface area (Å²) in [5, 5.41) is 3.27. The molecule has 0 saturated carbocycles. The quantitative estimate of drug-likeness (QED) is 0.860. The molecule has 1 amide bonds. The normalized spacial score (nSPS) is 20.4. The molecule has 19 heavy (non-hydrogen) atoms. The van der Waals surface area contributed by atoms with Gasteiger partial charge in [-0.15, -0.1) is 0 Å². The number of nitrogens with zero attached hydrogens (tertiary/aromatic N) is 1. The number of carbonyl (C=O) groups is 1. The molecule has 0 aromatic carbocycles. The Morgan fingerprint density at radius 3 is 2.84 bits per heavy atom. The molecule has 2 heterocycles. The third-order valence-electron chi connectivity index (χ3n) is 2.79. The molecule has 0 radical (unpaired) electrons. The second-order valence-electron chi connectivity index (χ2n) is 5.54. The van der Waals surface area contributed by atoms with Crippen molar-refractivity contribution < 1.29 is 13.9 Å². The largest absolute Gasteiger partial charge is 0.452 e. The van der Waals surface area contributed by atoms with Crippen LogP contribution in [-0.4, -0.2) is 36.2 Å². The maximum Gasteiger partial charge on any atom is 0.411 e. The van der Waals surface area contributed by atoms with Crippen LogP contribution >= 0.6 is 15.9 Å². The first-order valence-electron chi connectivity index (χ1n) is 6.32. The van der Waals surface area contributed by atoms with Gasteiger partial charge in [-0.1, -0.05) is 0 Å². The lowest BCUT2D eigenvalue weighted by Crippen LogP contribution is -2.50. The number of carbonyl (C=O) groups excluding carboxylic acids is 1. The van der Waals surface area contributed by atoms with Crippen molar-refractivity contribution in [3.63, 3.8) is 0 Å². The average Bonchev–Trinajstić information content (AvgIpc) is 2.73. The molecule has 0 aliphatic carbocycles. The van der Waals surface area contributed by atoms with E-state index in [1.54, 1.807) is 4.90 Å². The molecule has 1 aliphatic heterocycles. The van der Waals surface area contributed by atoms with E-state index in [9.17, 15) is 4.79 Å². The second-order valence-corrected chi connectivity index (χ2v) is 6.32. The molecule has 1 aromatic heterocycles. The van der Waals surface area contributed by atoms with Gasteiger partial charge in [-0.2, -0.15) is 0 Å². The van der Waals surface area contributed by atoms with Crippen LogP contribution in [0.25, 0.3) is 0 Å². The highest BCUT2D eigenvalue weighted by Crippen LogP contribution is 2.27. The molecule has 0 bridgehead atoms. The first-order chi connectivity index (χ1) is 8.87. The summed E-state index contributed by atoms with van der Waals surface area (Å²) in [7, 11) is 0. The van der Waals surface area contributed by atoms with E-state index >= 15 is 0 Å². The van der Waals surface area contributed by atoms with Gasteiger partial charge in [0.1, 0.15) is 17.4 Å². The summed E-state index contributed by atoms with van der Waals surface area (Å²) in [6, 6.07) is 3.57. The number of nitrogens with one attached hydrogen (secondary N) is 1. The van der Waals surface area contributed by atoms with Crippen molar-refractivity contribution in [2.45, 2.75) is 32.4 Å². The molecule has 1 N–H and O–H groups in total. The predicted octanol–water partition coefficient (Wildman–Crippen LogP) is 2.92. The Morgan fingerprint density at radius 1 is 1.53 bits per heavy atom. The second kappa shape index (κ2) is 5.54. The Balaban J connectivity index is 2.14. The standard InChI is InChI=1S/C13H19BrN2O3/c1-13(2,3)19-12(17)16-7-6-15-8-9(16)10-4-5-11(14)18-10/h4-5,9,15H,6-8H2,1-3H3. The van der Waals surface area contributed by atoms with Crippen LogP contribution < -0.4 is 5.32 Å². The molecule has 6 heteroatoms. The van der Waals surface area contributed by atoms with E-state index in [1.165, 1.54) is 0 Å². The van der Waals surface area contributed by atoms with Gasteiger partial charge in [-0.25, -0.2) is 4.79 Å². The van der Waals surface area contributed by atoms with Crippen molar-refractivity contribution in [3.8, 4) is 0 Å². The number of hydrogen-bond donors (Lipinski definition) is 1. The average molecular weight is 331 g/mol. The maximum atomic E-state index is 12.2. The van der Waals surface area contributed by atoms with Crippen LogP contribution in [0.15, 0.2) is 21.2 Å². The fraction of sp³-hybridized carbons (Fsp3) is 0.615. The van der Waals surface area contributed by atoms with Crippen LogP contribution in [0, 0.1) is 0 Å². The minimum absolute atomic E-state index is 0.130. The third-order valence-corrected chi connectivity index (χ3v) is 3.22. The monoisotopic (exact) mass is 330 g/mol. The van der Waals surface area contributed by atoms with E-state index in [0.717, 1.165) is 12.3 Å².